The van der Waals surface area contributed by atoms with Crippen LogP contribution in [0.2, 0.25) is 0 Å². The Kier molecular flexibility index (Phi) is 2.99. The van der Waals surface area contributed by atoms with E-state index in [-0.39, 0.29) is 6.10 Å². The lowest BCUT2D eigenvalue weighted by Gasteiger charge is -2.01. The monoisotopic (exact) mass is 208 g/mol. The fourth-order valence-corrected chi connectivity index (χ4v) is 1.35. The molecular formula is C11H12O4. The summed E-state index contributed by atoms with van der Waals surface area (Å²) in [7, 11) is 0. The minimum absolute atomic E-state index is 0.272. The van der Waals surface area contributed by atoms with Gasteiger partial charge in [0.2, 0.25) is 0 Å². The smallest absolute Gasteiger partial charge is 0.335 e. The Morgan fingerprint density at radius 3 is 2.73 bits per heavy atom. The van der Waals surface area contributed by atoms with Crippen molar-refractivity contribution in [3.05, 3.63) is 35.9 Å². The van der Waals surface area contributed by atoms with Gasteiger partial charge in [-0.3, -0.25) is 0 Å². The molecule has 1 fully saturated rings. The van der Waals surface area contributed by atoms with Crippen LogP contribution in [0.1, 0.15) is 5.56 Å². The van der Waals surface area contributed by atoms with Crippen LogP contribution in [0.25, 0.3) is 0 Å². The van der Waals surface area contributed by atoms with Gasteiger partial charge in [0.25, 0.3) is 0 Å². The number of carboxylic acids is 1. The van der Waals surface area contributed by atoms with Crippen molar-refractivity contribution in [1.29, 1.82) is 0 Å². The Morgan fingerprint density at radius 1 is 1.40 bits per heavy atom. The molecule has 0 spiro atoms. The van der Waals surface area contributed by atoms with Gasteiger partial charge in [0.05, 0.1) is 13.2 Å². The molecule has 15 heavy (non-hydrogen) atoms. The van der Waals surface area contributed by atoms with E-state index in [1.54, 1.807) is 0 Å². The fraction of sp³-hybridized carbons (Fsp3) is 0.364. The molecule has 1 aromatic carbocycles. The summed E-state index contributed by atoms with van der Waals surface area (Å²) >= 11 is 0. The normalized spacial score (nSPS) is 23.7. The second kappa shape index (κ2) is 4.42. The van der Waals surface area contributed by atoms with E-state index in [2.05, 4.69) is 0 Å². The summed E-state index contributed by atoms with van der Waals surface area (Å²) in [6.45, 7) is 0.832. The molecule has 1 aromatic rings. The van der Waals surface area contributed by atoms with E-state index >= 15 is 0 Å². The highest BCUT2D eigenvalue weighted by molar-refractivity contribution is 5.75. The zero-order valence-electron chi connectivity index (χ0n) is 8.13. The van der Waals surface area contributed by atoms with Crippen LogP contribution in [0.5, 0.6) is 0 Å². The molecular weight excluding hydrogens is 196 g/mol. The number of carboxylic acid groups (broad SMARTS) is 1. The third kappa shape index (κ3) is 2.78. The lowest BCUT2D eigenvalue weighted by atomic mass is 10.2. The number of rotatable bonds is 5. The van der Waals surface area contributed by atoms with E-state index < -0.39 is 12.1 Å². The van der Waals surface area contributed by atoms with E-state index in [4.69, 9.17) is 14.6 Å². The summed E-state index contributed by atoms with van der Waals surface area (Å²) in [5.41, 5.74) is 1.07. The predicted octanol–water partition coefficient (Wildman–Crippen LogP) is 1.06. The van der Waals surface area contributed by atoms with Crippen LogP contribution in [0.3, 0.4) is 0 Å². The van der Waals surface area contributed by atoms with Crippen LogP contribution in [0.15, 0.2) is 30.3 Å². The standard InChI is InChI=1S/C11H12O4/c12-11(13)10-9(15-10)7-14-6-8-4-2-1-3-5-8/h1-5,9-10H,6-7H2,(H,12,13)/t9?,10-/m1/s1. The number of hydrogen-bond donors (Lipinski definition) is 1. The molecule has 0 aliphatic carbocycles. The van der Waals surface area contributed by atoms with Crippen LogP contribution in [0.4, 0.5) is 0 Å². The summed E-state index contributed by atoms with van der Waals surface area (Å²) in [6.07, 6.45) is -0.938. The maximum absolute atomic E-state index is 10.4. The van der Waals surface area contributed by atoms with Gasteiger partial charge in [-0.1, -0.05) is 30.3 Å². The number of aliphatic carboxylic acids is 1. The van der Waals surface area contributed by atoms with Crippen molar-refractivity contribution in [3.63, 3.8) is 0 Å². The fourth-order valence-electron chi connectivity index (χ4n) is 1.35. The highest BCUT2D eigenvalue weighted by Crippen LogP contribution is 2.22. The van der Waals surface area contributed by atoms with Crippen molar-refractivity contribution < 1.29 is 19.4 Å². The largest absolute Gasteiger partial charge is 0.479 e. The third-order valence-electron chi connectivity index (χ3n) is 2.22. The van der Waals surface area contributed by atoms with Crippen molar-refractivity contribution in [2.75, 3.05) is 6.61 Å². The molecule has 0 amide bonds. The summed E-state index contributed by atoms with van der Waals surface area (Å²) in [5, 5.41) is 8.56. The molecule has 1 N–H and O–H groups in total. The van der Waals surface area contributed by atoms with Crippen molar-refractivity contribution in [3.8, 4) is 0 Å². The Hall–Kier alpha value is -1.39. The van der Waals surface area contributed by atoms with Gasteiger partial charge < -0.3 is 14.6 Å². The Labute approximate surface area is 87.4 Å². The lowest BCUT2D eigenvalue weighted by molar-refractivity contribution is -0.138. The average Bonchev–Trinajstić information content (AvgIpc) is 2.99. The molecule has 80 valence electrons. The predicted molar refractivity (Wildman–Crippen MR) is 52.4 cm³/mol. The van der Waals surface area contributed by atoms with E-state index in [1.807, 2.05) is 30.3 Å². The highest BCUT2D eigenvalue weighted by atomic mass is 16.6. The zero-order chi connectivity index (χ0) is 10.7. The molecule has 2 atom stereocenters. The maximum atomic E-state index is 10.4. The molecule has 1 saturated heterocycles. The summed E-state index contributed by atoms with van der Waals surface area (Å²) in [5.74, 6) is -0.914. The molecule has 0 radical (unpaired) electrons. The van der Waals surface area contributed by atoms with Crippen molar-refractivity contribution >= 4 is 5.97 Å². The number of ether oxygens (including phenoxy) is 2. The molecule has 0 aromatic heterocycles. The molecule has 2 rings (SSSR count). The van der Waals surface area contributed by atoms with E-state index in [9.17, 15) is 4.79 Å². The van der Waals surface area contributed by atoms with E-state index in [0.29, 0.717) is 13.2 Å². The maximum Gasteiger partial charge on any atom is 0.335 e. The second-order valence-electron chi connectivity index (χ2n) is 3.43. The van der Waals surface area contributed by atoms with Gasteiger partial charge in [-0.05, 0) is 5.56 Å². The highest BCUT2D eigenvalue weighted by Gasteiger charge is 2.45. The van der Waals surface area contributed by atoms with Gasteiger partial charge in [-0.2, -0.15) is 0 Å². The van der Waals surface area contributed by atoms with Crippen LogP contribution in [-0.2, 0) is 20.9 Å². The summed E-state index contributed by atoms with van der Waals surface area (Å²) < 4.78 is 10.2. The summed E-state index contributed by atoms with van der Waals surface area (Å²) in [4.78, 5) is 10.4. The quantitative estimate of drug-likeness (QED) is 0.735. The Bertz CT molecular complexity index is 336. The lowest BCUT2D eigenvalue weighted by Crippen LogP contribution is -2.12. The summed E-state index contributed by atoms with van der Waals surface area (Å²) in [6, 6.07) is 9.73. The Morgan fingerprint density at radius 2 is 2.13 bits per heavy atom. The topological polar surface area (TPSA) is 59.1 Å². The van der Waals surface area contributed by atoms with Gasteiger partial charge in [0.1, 0.15) is 6.10 Å². The molecule has 1 unspecified atom stereocenters. The first-order valence-electron chi connectivity index (χ1n) is 4.77. The molecule has 1 aliphatic heterocycles. The zero-order valence-corrected chi connectivity index (χ0v) is 8.13. The van der Waals surface area contributed by atoms with Crippen molar-refractivity contribution in [1.82, 2.24) is 0 Å². The molecule has 4 nitrogen and oxygen atoms in total. The third-order valence-corrected chi connectivity index (χ3v) is 2.22. The first-order chi connectivity index (χ1) is 7.27. The molecule has 1 aliphatic rings. The number of benzene rings is 1. The SMILES string of the molecule is O=C(O)[C@@H]1OC1COCc1ccccc1. The van der Waals surface area contributed by atoms with Gasteiger partial charge in [0.15, 0.2) is 6.10 Å². The number of carbonyl (C=O) groups is 1. The van der Waals surface area contributed by atoms with Gasteiger partial charge >= 0.3 is 5.97 Å². The van der Waals surface area contributed by atoms with Gasteiger partial charge in [-0.25, -0.2) is 4.79 Å². The van der Waals surface area contributed by atoms with E-state index in [0.717, 1.165) is 5.56 Å². The van der Waals surface area contributed by atoms with Gasteiger partial charge in [0, 0.05) is 0 Å². The number of epoxide rings is 1. The molecule has 1 heterocycles. The molecule has 0 saturated carbocycles. The molecule has 0 bridgehead atoms. The molecule has 4 heteroatoms. The number of hydrogen-bond acceptors (Lipinski definition) is 3. The van der Waals surface area contributed by atoms with E-state index in [1.165, 1.54) is 0 Å². The first kappa shape index (κ1) is 10.1. The van der Waals surface area contributed by atoms with Crippen molar-refractivity contribution in [2.24, 2.45) is 0 Å². The van der Waals surface area contributed by atoms with Crippen LogP contribution in [-0.4, -0.2) is 29.9 Å². The minimum atomic E-state index is -0.914. The first-order valence-corrected chi connectivity index (χ1v) is 4.77. The van der Waals surface area contributed by atoms with Crippen LogP contribution in [0, 0.1) is 0 Å². The van der Waals surface area contributed by atoms with Crippen molar-refractivity contribution in [2.45, 2.75) is 18.8 Å². The Balaban J connectivity index is 1.67. The minimum Gasteiger partial charge on any atom is -0.479 e. The second-order valence-corrected chi connectivity index (χ2v) is 3.43. The van der Waals surface area contributed by atoms with Gasteiger partial charge in [-0.15, -0.1) is 0 Å². The van der Waals surface area contributed by atoms with Crippen LogP contribution >= 0.6 is 0 Å². The van der Waals surface area contributed by atoms with Crippen LogP contribution < -0.4 is 0 Å². The average molecular weight is 208 g/mol.